The zero-order chi connectivity index (χ0) is 12.1. The van der Waals surface area contributed by atoms with Crippen LogP contribution in [0, 0.1) is 10.1 Å². The summed E-state index contributed by atoms with van der Waals surface area (Å²) in [6, 6.07) is 9.93. The number of hydrogen-bond acceptors (Lipinski definition) is 4. The van der Waals surface area contributed by atoms with Gasteiger partial charge in [0, 0.05) is 24.7 Å². The van der Waals surface area contributed by atoms with Crippen LogP contribution in [0.2, 0.25) is 0 Å². The number of nitro benzene ring substituents is 1. The van der Waals surface area contributed by atoms with E-state index in [1.165, 1.54) is 12.3 Å². The Morgan fingerprint density at radius 3 is 2.59 bits per heavy atom. The third-order valence-electron chi connectivity index (χ3n) is 2.15. The Morgan fingerprint density at radius 1 is 1.18 bits per heavy atom. The monoisotopic (exact) mass is 227 g/mol. The number of nitro groups is 1. The lowest BCUT2D eigenvalue weighted by molar-refractivity contribution is -0.385. The van der Waals surface area contributed by atoms with Gasteiger partial charge in [0.05, 0.1) is 16.2 Å². The van der Waals surface area contributed by atoms with E-state index in [9.17, 15) is 10.1 Å². The Hall–Kier alpha value is -2.56. The third-order valence-corrected chi connectivity index (χ3v) is 2.15. The number of pyridine rings is 1. The lowest BCUT2D eigenvalue weighted by Gasteiger charge is -1.96. The van der Waals surface area contributed by atoms with Crippen molar-refractivity contribution in [2.45, 2.75) is 0 Å². The molecule has 0 radical (unpaired) electrons. The smallest absolute Gasteiger partial charge is 0.265 e. The molecule has 0 bridgehead atoms. The van der Waals surface area contributed by atoms with Gasteiger partial charge < -0.3 is 0 Å². The summed E-state index contributed by atoms with van der Waals surface area (Å²) in [5, 5.41) is 10.8. The highest BCUT2D eigenvalue weighted by Crippen LogP contribution is 2.17. The van der Waals surface area contributed by atoms with Gasteiger partial charge in [-0.25, -0.2) is 0 Å². The number of benzene rings is 1. The highest BCUT2D eigenvalue weighted by atomic mass is 16.6. The van der Waals surface area contributed by atoms with E-state index < -0.39 is 4.92 Å². The van der Waals surface area contributed by atoms with Gasteiger partial charge in [-0.05, 0) is 18.2 Å². The van der Waals surface area contributed by atoms with Crippen molar-refractivity contribution in [2.24, 2.45) is 4.99 Å². The van der Waals surface area contributed by atoms with Crippen molar-refractivity contribution in [3.63, 3.8) is 0 Å². The van der Waals surface area contributed by atoms with E-state index in [4.69, 9.17) is 0 Å². The standard InChI is InChI=1S/C12H9N3O2/c16-15(17)12-4-2-1-3-10(12)9-14-11-5-7-13-8-6-11/h1-9H. The number of aromatic nitrogens is 1. The fraction of sp³-hybridized carbons (Fsp3) is 0. The highest BCUT2D eigenvalue weighted by Gasteiger charge is 2.09. The van der Waals surface area contributed by atoms with Crippen molar-refractivity contribution >= 4 is 17.6 Å². The molecular weight excluding hydrogens is 218 g/mol. The van der Waals surface area contributed by atoms with Gasteiger partial charge in [0.2, 0.25) is 0 Å². The first-order valence-corrected chi connectivity index (χ1v) is 4.95. The molecule has 0 aliphatic rings. The Morgan fingerprint density at radius 2 is 1.88 bits per heavy atom. The summed E-state index contributed by atoms with van der Waals surface area (Å²) < 4.78 is 0. The van der Waals surface area contributed by atoms with E-state index in [1.54, 1.807) is 42.7 Å². The lowest BCUT2D eigenvalue weighted by atomic mass is 10.2. The molecule has 2 rings (SSSR count). The zero-order valence-electron chi connectivity index (χ0n) is 8.85. The predicted octanol–water partition coefficient (Wildman–Crippen LogP) is 2.74. The molecule has 0 aliphatic carbocycles. The van der Waals surface area contributed by atoms with Crippen LogP contribution in [0.5, 0.6) is 0 Å². The van der Waals surface area contributed by atoms with Crippen molar-refractivity contribution < 1.29 is 4.92 Å². The molecule has 0 saturated heterocycles. The van der Waals surface area contributed by atoms with Gasteiger partial charge in [0.25, 0.3) is 5.69 Å². The number of aliphatic imine (C=N–C) groups is 1. The molecule has 0 spiro atoms. The van der Waals surface area contributed by atoms with E-state index in [-0.39, 0.29) is 5.69 Å². The molecule has 0 atom stereocenters. The van der Waals surface area contributed by atoms with Crippen molar-refractivity contribution in [3.05, 3.63) is 64.5 Å². The van der Waals surface area contributed by atoms with Gasteiger partial charge >= 0.3 is 0 Å². The first-order chi connectivity index (χ1) is 8.27. The predicted molar refractivity (Wildman–Crippen MR) is 64.6 cm³/mol. The fourth-order valence-electron chi connectivity index (χ4n) is 1.34. The zero-order valence-corrected chi connectivity index (χ0v) is 8.85. The summed E-state index contributed by atoms with van der Waals surface area (Å²) in [5.74, 6) is 0. The maximum absolute atomic E-state index is 10.8. The number of para-hydroxylation sites is 1. The van der Waals surface area contributed by atoms with Crippen LogP contribution in [-0.4, -0.2) is 16.1 Å². The van der Waals surface area contributed by atoms with Crippen LogP contribution in [0.4, 0.5) is 11.4 Å². The van der Waals surface area contributed by atoms with E-state index >= 15 is 0 Å². The van der Waals surface area contributed by atoms with Crippen LogP contribution in [0.15, 0.2) is 53.8 Å². The van der Waals surface area contributed by atoms with Gasteiger partial charge in [-0.2, -0.15) is 0 Å². The van der Waals surface area contributed by atoms with Crippen molar-refractivity contribution in [1.82, 2.24) is 4.98 Å². The molecule has 0 unspecified atom stereocenters. The fourth-order valence-corrected chi connectivity index (χ4v) is 1.34. The molecule has 5 nitrogen and oxygen atoms in total. The summed E-state index contributed by atoms with van der Waals surface area (Å²) in [5.41, 5.74) is 1.23. The molecule has 17 heavy (non-hydrogen) atoms. The molecule has 0 amide bonds. The molecule has 84 valence electrons. The van der Waals surface area contributed by atoms with Crippen molar-refractivity contribution in [1.29, 1.82) is 0 Å². The minimum Gasteiger partial charge on any atom is -0.265 e. The third kappa shape index (κ3) is 2.72. The second-order valence-corrected chi connectivity index (χ2v) is 3.28. The Bertz CT molecular complexity index is 553. The molecule has 2 aromatic rings. The molecule has 0 N–H and O–H groups in total. The van der Waals surface area contributed by atoms with Crippen molar-refractivity contribution in [2.75, 3.05) is 0 Å². The maximum Gasteiger partial charge on any atom is 0.278 e. The normalized spacial score (nSPS) is 10.6. The van der Waals surface area contributed by atoms with Crippen LogP contribution < -0.4 is 0 Å². The number of nitrogens with zero attached hydrogens (tertiary/aromatic N) is 3. The number of rotatable bonds is 3. The van der Waals surface area contributed by atoms with Crippen LogP contribution in [-0.2, 0) is 0 Å². The maximum atomic E-state index is 10.8. The first-order valence-electron chi connectivity index (χ1n) is 4.95. The summed E-state index contributed by atoms with van der Waals surface area (Å²) in [6.45, 7) is 0. The van der Waals surface area contributed by atoms with Gasteiger partial charge in [-0.3, -0.25) is 20.1 Å². The molecule has 1 heterocycles. The molecular formula is C12H9N3O2. The number of hydrogen-bond donors (Lipinski definition) is 0. The second-order valence-electron chi connectivity index (χ2n) is 3.28. The summed E-state index contributed by atoms with van der Waals surface area (Å²) in [4.78, 5) is 18.4. The van der Waals surface area contributed by atoms with Gasteiger partial charge in [0.1, 0.15) is 0 Å². The Balaban J connectivity index is 2.30. The topological polar surface area (TPSA) is 68.4 Å². The second kappa shape index (κ2) is 4.98. The summed E-state index contributed by atoms with van der Waals surface area (Å²) in [6.07, 6.45) is 4.71. The average molecular weight is 227 g/mol. The van der Waals surface area contributed by atoms with Crippen LogP contribution in [0.3, 0.4) is 0 Å². The minimum atomic E-state index is -0.423. The first kappa shape index (κ1) is 10.9. The SMILES string of the molecule is O=[N+]([O-])c1ccccc1C=Nc1ccncc1. The largest absolute Gasteiger partial charge is 0.278 e. The van der Waals surface area contributed by atoms with E-state index in [0.29, 0.717) is 11.3 Å². The van der Waals surface area contributed by atoms with E-state index in [2.05, 4.69) is 9.98 Å². The molecule has 1 aromatic heterocycles. The van der Waals surface area contributed by atoms with Gasteiger partial charge in [-0.1, -0.05) is 12.1 Å². The van der Waals surface area contributed by atoms with Gasteiger partial charge in [0.15, 0.2) is 0 Å². The average Bonchev–Trinajstić information content (AvgIpc) is 2.38. The van der Waals surface area contributed by atoms with Crippen LogP contribution in [0.25, 0.3) is 0 Å². The molecule has 1 aromatic carbocycles. The summed E-state index contributed by atoms with van der Waals surface area (Å²) in [7, 11) is 0. The molecule has 0 fully saturated rings. The Kier molecular flexibility index (Phi) is 3.20. The van der Waals surface area contributed by atoms with Crippen LogP contribution >= 0.6 is 0 Å². The molecule has 0 saturated carbocycles. The summed E-state index contributed by atoms with van der Waals surface area (Å²) >= 11 is 0. The van der Waals surface area contributed by atoms with Crippen molar-refractivity contribution in [3.8, 4) is 0 Å². The Labute approximate surface area is 97.6 Å². The van der Waals surface area contributed by atoms with Crippen LogP contribution in [0.1, 0.15) is 5.56 Å². The minimum absolute atomic E-state index is 0.0466. The van der Waals surface area contributed by atoms with E-state index in [1.807, 2.05) is 0 Å². The van der Waals surface area contributed by atoms with E-state index in [0.717, 1.165) is 0 Å². The lowest BCUT2D eigenvalue weighted by Crippen LogP contribution is -1.93. The highest BCUT2D eigenvalue weighted by molar-refractivity contribution is 5.86. The molecule has 0 aliphatic heterocycles. The van der Waals surface area contributed by atoms with Gasteiger partial charge in [-0.15, -0.1) is 0 Å². The molecule has 5 heteroatoms. The quantitative estimate of drug-likeness (QED) is 0.460.